The maximum atomic E-state index is 13.0. The maximum Gasteiger partial charge on any atom is 0.262 e. The summed E-state index contributed by atoms with van der Waals surface area (Å²) < 4.78 is 1.54. The van der Waals surface area contributed by atoms with Crippen LogP contribution >= 0.6 is 22.7 Å². The molecular weight excluding hydrogens is 470 g/mol. The van der Waals surface area contributed by atoms with Crippen LogP contribution in [0.1, 0.15) is 36.6 Å². The van der Waals surface area contributed by atoms with Gasteiger partial charge in [-0.3, -0.25) is 19.0 Å². The molecule has 0 aliphatic heterocycles. The van der Waals surface area contributed by atoms with Crippen molar-refractivity contribution in [1.82, 2.24) is 14.5 Å². The number of amides is 2. The van der Waals surface area contributed by atoms with Gasteiger partial charge in [0.15, 0.2) is 5.13 Å². The van der Waals surface area contributed by atoms with Crippen LogP contribution in [0.3, 0.4) is 0 Å². The summed E-state index contributed by atoms with van der Waals surface area (Å²) in [6.07, 6.45) is 5.91. The zero-order valence-electron chi connectivity index (χ0n) is 18.6. The van der Waals surface area contributed by atoms with Gasteiger partial charge in [0, 0.05) is 41.4 Å². The number of nitrogens with zero attached hydrogens (tertiary/aromatic N) is 3. The van der Waals surface area contributed by atoms with Crippen molar-refractivity contribution in [3.05, 3.63) is 56.8 Å². The molecule has 1 aliphatic rings. The van der Waals surface area contributed by atoms with Crippen molar-refractivity contribution in [2.75, 3.05) is 10.6 Å². The molecule has 4 aromatic rings. The SMILES string of the molecule is CC(=O)Nc1ccc(-c2csc(NC(=O)CCn3cnc4sc5c(c4c3=O)CCCC5)n2)cc1. The Balaban J connectivity index is 1.23. The minimum absolute atomic E-state index is 0.0588. The van der Waals surface area contributed by atoms with E-state index in [1.165, 1.54) is 27.7 Å². The number of carbonyl (C=O) groups excluding carboxylic acids is 2. The molecule has 1 aromatic carbocycles. The quantitative estimate of drug-likeness (QED) is 0.413. The largest absolute Gasteiger partial charge is 0.326 e. The molecule has 34 heavy (non-hydrogen) atoms. The Morgan fingerprint density at radius 2 is 1.91 bits per heavy atom. The third-order valence-electron chi connectivity index (χ3n) is 5.77. The van der Waals surface area contributed by atoms with Gasteiger partial charge in [0.05, 0.1) is 17.4 Å². The van der Waals surface area contributed by atoms with Crippen LogP contribution in [-0.2, 0) is 29.0 Å². The Morgan fingerprint density at radius 3 is 2.71 bits per heavy atom. The molecule has 174 valence electrons. The Labute approximate surface area is 203 Å². The molecular formula is C24H23N5O3S2. The van der Waals surface area contributed by atoms with E-state index in [9.17, 15) is 14.4 Å². The number of hydrogen-bond donors (Lipinski definition) is 2. The fourth-order valence-corrected chi connectivity index (χ4v) is 6.09. The summed E-state index contributed by atoms with van der Waals surface area (Å²) in [4.78, 5) is 47.8. The zero-order valence-corrected chi connectivity index (χ0v) is 20.2. The van der Waals surface area contributed by atoms with Crippen LogP contribution in [0.25, 0.3) is 21.5 Å². The van der Waals surface area contributed by atoms with E-state index in [-0.39, 0.29) is 30.3 Å². The number of thiophene rings is 1. The van der Waals surface area contributed by atoms with Crippen LogP contribution < -0.4 is 16.2 Å². The van der Waals surface area contributed by atoms with E-state index in [0.29, 0.717) is 10.8 Å². The van der Waals surface area contributed by atoms with Crippen LogP contribution in [0.5, 0.6) is 0 Å². The first kappa shape index (κ1) is 22.4. The molecule has 0 unspecified atom stereocenters. The third kappa shape index (κ3) is 4.64. The number of fused-ring (bicyclic) bond motifs is 3. The monoisotopic (exact) mass is 493 g/mol. The number of nitrogens with one attached hydrogen (secondary N) is 2. The topological polar surface area (TPSA) is 106 Å². The second kappa shape index (κ2) is 9.47. The van der Waals surface area contributed by atoms with Gasteiger partial charge < -0.3 is 10.6 Å². The molecule has 3 heterocycles. The first-order valence-corrected chi connectivity index (χ1v) is 12.8. The summed E-state index contributed by atoms with van der Waals surface area (Å²) in [6, 6.07) is 7.35. The first-order chi connectivity index (χ1) is 16.5. The van der Waals surface area contributed by atoms with E-state index in [2.05, 4.69) is 20.6 Å². The predicted molar refractivity (Wildman–Crippen MR) is 136 cm³/mol. The lowest BCUT2D eigenvalue weighted by Gasteiger charge is -2.10. The van der Waals surface area contributed by atoms with E-state index in [4.69, 9.17) is 0 Å². The molecule has 1 aliphatic carbocycles. The minimum Gasteiger partial charge on any atom is -0.326 e. The number of aryl methyl sites for hydroxylation is 3. The molecule has 0 radical (unpaired) electrons. The van der Waals surface area contributed by atoms with E-state index in [0.717, 1.165) is 52.7 Å². The number of rotatable bonds is 6. The van der Waals surface area contributed by atoms with Crippen LogP contribution in [0, 0.1) is 0 Å². The maximum absolute atomic E-state index is 13.0. The van der Waals surface area contributed by atoms with Crippen molar-refractivity contribution >= 4 is 55.5 Å². The lowest BCUT2D eigenvalue weighted by atomic mass is 9.97. The van der Waals surface area contributed by atoms with Gasteiger partial charge >= 0.3 is 0 Å². The van der Waals surface area contributed by atoms with E-state index in [1.54, 1.807) is 17.7 Å². The van der Waals surface area contributed by atoms with Crippen molar-refractivity contribution < 1.29 is 9.59 Å². The summed E-state index contributed by atoms with van der Waals surface area (Å²) in [5.74, 6) is -0.333. The van der Waals surface area contributed by atoms with Gasteiger partial charge in [-0.05, 0) is 43.4 Å². The van der Waals surface area contributed by atoms with Gasteiger partial charge in [-0.25, -0.2) is 9.97 Å². The number of aromatic nitrogens is 3. The van der Waals surface area contributed by atoms with E-state index < -0.39 is 0 Å². The number of anilines is 2. The molecule has 8 nitrogen and oxygen atoms in total. The highest BCUT2D eigenvalue weighted by atomic mass is 32.1. The summed E-state index contributed by atoms with van der Waals surface area (Å²) in [6.45, 7) is 1.73. The molecule has 0 saturated heterocycles. The second-order valence-corrected chi connectivity index (χ2v) is 10.2. The minimum atomic E-state index is -0.207. The van der Waals surface area contributed by atoms with Crippen molar-refractivity contribution in [2.24, 2.45) is 0 Å². The normalized spacial score (nSPS) is 13.0. The first-order valence-electron chi connectivity index (χ1n) is 11.1. The molecule has 0 spiro atoms. The van der Waals surface area contributed by atoms with Gasteiger partial charge in [0.2, 0.25) is 11.8 Å². The Morgan fingerprint density at radius 1 is 1.12 bits per heavy atom. The molecule has 2 N–H and O–H groups in total. The molecule has 0 fully saturated rings. The molecule has 0 bridgehead atoms. The Bertz CT molecular complexity index is 1440. The summed E-state index contributed by atoms with van der Waals surface area (Å²) in [5, 5.41) is 8.64. The van der Waals surface area contributed by atoms with Gasteiger partial charge in [0.1, 0.15) is 4.83 Å². The van der Waals surface area contributed by atoms with Crippen molar-refractivity contribution in [3.63, 3.8) is 0 Å². The van der Waals surface area contributed by atoms with E-state index in [1.807, 2.05) is 29.6 Å². The van der Waals surface area contributed by atoms with Gasteiger partial charge in [-0.1, -0.05) is 12.1 Å². The zero-order chi connectivity index (χ0) is 23.7. The number of thiazole rings is 1. The Hall–Kier alpha value is -3.37. The lowest BCUT2D eigenvalue weighted by Crippen LogP contribution is -2.24. The number of benzene rings is 1. The van der Waals surface area contributed by atoms with Crippen molar-refractivity contribution in [3.8, 4) is 11.3 Å². The molecule has 3 aromatic heterocycles. The van der Waals surface area contributed by atoms with Gasteiger partial charge in [-0.2, -0.15) is 0 Å². The van der Waals surface area contributed by atoms with Crippen molar-refractivity contribution in [1.29, 1.82) is 0 Å². The van der Waals surface area contributed by atoms with Crippen LogP contribution in [0.2, 0.25) is 0 Å². The fourth-order valence-electron chi connectivity index (χ4n) is 4.14. The highest BCUT2D eigenvalue weighted by molar-refractivity contribution is 7.18. The Kier molecular flexibility index (Phi) is 6.25. The second-order valence-electron chi connectivity index (χ2n) is 8.23. The lowest BCUT2D eigenvalue weighted by molar-refractivity contribution is -0.116. The summed E-state index contributed by atoms with van der Waals surface area (Å²) in [5.41, 5.74) is 3.43. The number of hydrogen-bond acceptors (Lipinski definition) is 7. The highest BCUT2D eigenvalue weighted by Crippen LogP contribution is 2.33. The average Bonchev–Trinajstić information content (AvgIpc) is 3.43. The van der Waals surface area contributed by atoms with E-state index >= 15 is 0 Å². The predicted octanol–water partition coefficient (Wildman–Crippen LogP) is 4.45. The molecule has 10 heteroatoms. The standard InChI is InChI=1S/C24H23N5O3S2/c1-14(30)26-16-8-6-15(7-9-16)18-12-33-24(27-18)28-20(31)10-11-29-13-25-22-21(23(29)32)17-4-2-3-5-19(17)34-22/h6-9,12-13H,2-5,10-11H2,1H3,(H,26,30)(H,27,28,31). The summed E-state index contributed by atoms with van der Waals surface area (Å²) >= 11 is 2.96. The molecule has 2 amide bonds. The molecule has 5 rings (SSSR count). The van der Waals surface area contributed by atoms with Crippen LogP contribution in [0.4, 0.5) is 10.8 Å². The fraction of sp³-hybridized carbons (Fsp3) is 0.292. The van der Waals surface area contributed by atoms with Gasteiger partial charge in [0.25, 0.3) is 5.56 Å². The smallest absolute Gasteiger partial charge is 0.262 e. The third-order valence-corrected chi connectivity index (χ3v) is 7.73. The highest BCUT2D eigenvalue weighted by Gasteiger charge is 2.20. The summed E-state index contributed by atoms with van der Waals surface area (Å²) in [7, 11) is 0. The van der Waals surface area contributed by atoms with Crippen LogP contribution in [0.15, 0.2) is 40.8 Å². The van der Waals surface area contributed by atoms with Crippen LogP contribution in [-0.4, -0.2) is 26.3 Å². The molecule has 0 saturated carbocycles. The van der Waals surface area contributed by atoms with Gasteiger partial charge in [-0.15, -0.1) is 22.7 Å². The number of carbonyl (C=O) groups is 2. The average molecular weight is 494 g/mol. The molecule has 0 atom stereocenters. The van der Waals surface area contributed by atoms with Crippen molar-refractivity contribution in [2.45, 2.75) is 45.6 Å².